The maximum Gasteiger partial charge on any atom is 0.375 e. The van der Waals surface area contributed by atoms with Gasteiger partial charge in [0.1, 0.15) is 11.3 Å². The Hall–Kier alpha value is -3.03. The number of carbonyl (C=O) groups excluding carboxylic acids is 3. The quantitative estimate of drug-likeness (QED) is 0.795. The van der Waals surface area contributed by atoms with Crippen LogP contribution in [0.4, 0.5) is 4.79 Å². The third-order valence-corrected chi connectivity index (χ3v) is 3.71. The van der Waals surface area contributed by atoms with Crippen LogP contribution in [0.2, 0.25) is 0 Å². The van der Waals surface area contributed by atoms with Crippen LogP contribution in [0.25, 0.3) is 11.0 Å². The SMILES string of the molecule is COc1ccc2oc(C(=O)O[C@@H](C)C(=O)NC(=O)NC(C)(C)C)c(C)c2c1. The van der Waals surface area contributed by atoms with Gasteiger partial charge < -0.3 is 19.2 Å². The molecule has 2 N–H and O–H groups in total. The number of imide groups is 1. The average Bonchev–Trinajstić information content (AvgIpc) is 2.89. The number of hydrogen-bond acceptors (Lipinski definition) is 6. The van der Waals surface area contributed by atoms with Crippen LogP contribution in [0, 0.1) is 6.92 Å². The van der Waals surface area contributed by atoms with Gasteiger partial charge in [0.15, 0.2) is 6.10 Å². The molecule has 0 saturated carbocycles. The van der Waals surface area contributed by atoms with E-state index in [0.717, 1.165) is 0 Å². The predicted molar refractivity (Wildman–Crippen MR) is 98.8 cm³/mol. The lowest BCUT2D eigenvalue weighted by Crippen LogP contribution is -2.50. The Morgan fingerprint density at radius 2 is 1.85 bits per heavy atom. The largest absolute Gasteiger partial charge is 0.497 e. The molecule has 1 atom stereocenters. The highest BCUT2D eigenvalue weighted by atomic mass is 16.6. The molecule has 2 rings (SSSR count). The summed E-state index contributed by atoms with van der Waals surface area (Å²) in [7, 11) is 1.54. The molecule has 8 nitrogen and oxygen atoms in total. The Balaban J connectivity index is 2.08. The molecule has 3 amide bonds. The summed E-state index contributed by atoms with van der Waals surface area (Å²) in [6.07, 6.45) is -1.18. The predicted octanol–water partition coefficient (Wildman–Crippen LogP) is 2.92. The molecule has 1 aromatic heterocycles. The summed E-state index contributed by atoms with van der Waals surface area (Å²) >= 11 is 0. The number of aryl methyl sites for hydroxylation is 1. The van der Waals surface area contributed by atoms with Crippen LogP contribution >= 0.6 is 0 Å². The maximum absolute atomic E-state index is 12.4. The van der Waals surface area contributed by atoms with E-state index in [1.54, 1.807) is 53.0 Å². The molecule has 0 bridgehead atoms. The molecule has 0 spiro atoms. The fourth-order valence-corrected chi connectivity index (χ4v) is 2.37. The Labute approximate surface area is 157 Å². The Morgan fingerprint density at radius 3 is 2.44 bits per heavy atom. The second kappa shape index (κ2) is 7.69. The van der Waals surface area contributed by atoms with Crippen LogP contribution in [-0.4, -0.2) is 36.7 Å². The van der Waals surface area contributed by atoms with Crippen molar-refractivity contribution in [3.63, 3.8) is 0 Å². The van der Waals surface area contributed by atoms with Crippen LogP contribution in [-0.2, 0) is 9.53 Å². The number of methoxy groups -OCH3 is 1. The topological polar surface area (TPSA) is 107 Å². The van der Waals surface area contributed by atoms with Crippen molar-refractivity contribution in [3.8, 4) is 5.75 Å². The van der Waals surface area contributed by atoms with Crippen LogP contribution in [0.15, 0.2) is 22.6 Å². The van der Waals surface area contributed by atoms with E-state index in [2.05, 4.69) is 10.6 Å². The second-order valence-electron chi connectivity index (χ2n) is 7.16. The lowest BCUT2D eigenvalue weighted by atomic mass is 10.1. The highest BCUT2D eigenvalue weighted by Crippen LogP contribution is 2.29. The maximum atomic E-state index is 12.4. The van der Waals surface area contributed by atoms with E-state index in [4.69, 9.17) is 13.9 Å². The zero-order valence-corrected chi connectivity index (χ0v) is 16.3. The van der Waals surface area contributed by atoms with Crippen LogP contribution < -0.4 is 15.4 Å². The minimum Gasteiger partial charge on any atom is -0.497 e. The van der Waals surface area contributed by atoms with Crippen molar-refractivity contribution in [2.24, 2.45) is 0 Å². The Bertz CT molecular complexity index is 878. The molecule has 1 aromatic carbocycles. The number of esters is 1. The number of nitrogens with one attached hydrogen (secondary N) is 2. The summed E-state index contributed by atoms with van der Waals surface area (Å²) in [5.41, 5.74) is 0.574. The van der Waals surface area contributed by atoms with Crippen molar-refractivity contribution in [3.05, 3.63) is 29.5 Å². The van der Waals surface area contributed by atoms with Crippen molar-refractivity contribution in [2.75, 3.05) is 7.11 Å². The van der Waals surface area contributed by atoms with Gasteiger partial charge in [-0.2, -0.15) is 0 Å². The standard InChI is InChI=1S/C19H24N2O6/c1-10-13-9-12(25-6)7-8-14(13)27-15(10)17(23)26-11(2)16(22)20-18(24)21-19(3,4)5/h7-9,11H,1-6H3,(H2,20,21,22,24)/t11-/m0/s1. The van der Waals surface area contributed by atoms with E-state index in [9.17, 15) is 14.4 Å². The van der Waals surface area contributed by atoms with Gasteiger partial charge in [-0.3, -0.25) is 10.1 Å². The summed E-state index contributed by atoms with van der Waals surface area (Å²) in [5.74, 6) is -0.900. The molecule has 0 saturated heterocycles. The summed E-state index contributed by atoms with van der Waals surface area (Å²) in [4.78, 5) is 36.2. The Kier molecular flexibility index (Phi) is 5.78. The molecule has 0 aliphatic rings. The number of benzene rings is 1. The number of hydrogen-bond donors (Lipinski definition) is 2. The minimum atomic E-state index is -1.18. The van der Waals surface area contributed by atoms with Gasteiger partial charge in [0.05, 0.1) is 7.11 Å². The number of carbonyl (C=O) groups is 3. The number of ether oxygens (including phenoxy) is 2. The second-order valence-corrected chi connectivity index (χ2v) is 7.16. The smallest absolute Gasteiger partial charge is 0.375 e. The summed E-state index contributed by atoms with van der Waals surface area (Å²) in [6.45, 7) is 8.42. The Morgan fingerprint density at radius 1 is 1.19 bits per heavy atom. The van der Waals surface area contributed by atoms with Gasteiger partial charge in [0.25, 0.3) is 5.91 Å². The monoisotopic (exact) mass is 376 g/mol. The first-order valence-electron chi connectivity index (χ1n) is 8.43. The molecule has 2 aromatic rings. The number of urea groups is 1. The van der Waals surface area contributed by atoms with E-state index in [-0.39, 0.29) is 5.76 Å². The average molecular weight is 376 g/mol. The van der Waals surface area contributed by atoms with Gasteiger partial charge in [-0.05, 0) is 52.8 Å². The van der Waals surface area contributed by atoms with Crippen molar-refractivity contribution < 1.29 is 28.3 Å². The van der Waals surface area contributed by atoms with Gasteiger partial charge in [-0.1, -0.05) is 0 Å². The van der Waals surface area contributed by atoms with Gasteiger partial charge >= 0.3 is 12.0 Å². The zero-order chi connectivity index (χ0) is 20.4. The first-order chi connectivity index (χ1) is 12.5. The molecule has 27 heavy (non-hydrogen) atoms. The van der Waals surface area contributed by atoms with E-state index < -0.39 is 29.6 Å². The normalized spacial score (nSPS) is 12.4. The van der Waals surface area contributed by atoms with Gasteiger partial charge in [-0.25, -0.2) is 9.59 Å². The van der Waals surface area contributed by atoms with E-state index >= 15 is 0 Å². The first kappa shape index (κ1) is 20.3. The number of furan rings is 1. The van der Waals surface area contributed by atoms with Crippen molar-refractivity contribution in [2.45, 2.75) is 46.3 Å². The fraction of sp³-hybridized carbons (Fsp3) is 0.421. The highest BCUT2D eigenvalue weighted by Gasteiger charge is 2.26. The minimum absolute atomic E-state index is 0.00274. The van der Waals surface area contributed by atoms with Crippen LogP contribution in [0.1, 0.15) is 43.8 Å². The van der Waals surface area contributed by atoms with Gasteiger partial charge in [-0.15, -0.1) is 0 Å². The third kappa shape index (κ3) is 4.99. The summed E-state index contributed by atoms with van der Waals surface area (Å²) in [5, 5.41) is 5.43. The van der Waals surface area contributed by atoms with Crippen molar-refractivity contribution >= 4 is 28.9 Å². The van der Waals surface area contributed by atoms with Crippen LogP contribution in [0.3, 0.4) is 0 Å². The van der Waals surface area contributed by atoms with E-state index in [0.29, 0.717) is 22.3 Å². The zero-order valence-electron chi connectivity index (χ0n) is 16.3. The molecule has 8 heteroatoms. The summed E-state index contributed by atoms with van der Waals surface area (Å²) < 4.78 is 15.9. The van der Waals surface area contributed by atoms with Gasteiger partial charge in [0, 0.05) is 16.5 Å². The molecular formula is C19H24N2O6. The fourth-order valence-electron chi connectivity index (χ4n) is 2.37. The lowest BCUT2D eigenvalue weighted by molar-refractivity contribution is -0.128. The molecule has 0 aliphatic carbocycles. The van der Waals surface area contributed by atoms with Crippen molar-refractivity contribution in [1.29, 1.82) is 0 Å². The molecular weight excluding hydrogens is 352 g/mol. The summed E-state index contributed by atoms with van der Waals surface area (Å²) in [6, 6.07) is 4.48. The molecule has 0 unspecified atom stereocenters. The molecule has 1 heterocycles. The number of rotatable bonds is 4. The highest BCUT2D eigenvalue weighted by molar-refractivity contribution is 6.00. The lowest BCUT2D eigenvalue weighted by Gasteiger charge is -2.21. The van der Waals surface area contributed by atoms with Crippen LogP contribution in [0.5, 0.6) is 5.75 Å². The number of fused-ring (bicyclic) bond motifs is 1. The van der Waals surface area contributed by atoms with Crippen molar-refractivity contribution in [1.82, 2.24) is 10.6 Å². The molecule has 0 fully saturated rings. The molecule has 0 radical (unpaired) electrons. The van der Waals surface area contributed by atoms with E-state index in [1.165, 1.54) is 6.92 Å². The number of amides is 3. The van der Waals surface area contributed by atoms with Gasteiger partial charge in [0.2, 0.25) is 5.76 Å². The molecule has 146 valence electrons. The molecule has 0 aliphatic heterocycles. The van der Waals surface area contributed by atoms with E-state index in [1.807, 2.05) is 0 Å². The third-order valence-electron chi connectivity index (χ3n) is 3.71. The first-order valence-corrected chi connectivity index (χ1v) is 8.43.